The van der Waals surface area contributed by atoms with Crippen molar-refractivity contribution in [2.75, 3.05) is 5.32 Å². The second kappa shape index (κ2) is 9.41. The highest BCUT2D eigenvalue weighted by molar-refractivity contribution is 7.18. The third-order valence-corrected chi connectivity index (χ3v) is 6.46. The molecule has 170 valence electrons. The monoisotopic (exact) mass is 464 g/mol. The zero-order valence-corrected chi connectivity index (χ0v) is 19.4. The summed E-state index contributed by atoms with van der Waals surface area (Å²) < 4.78 is 9.50. The lowest BCUT2D eigenvalue weighted by Crippen LogP contribution is -2.32. The molecule has 0 fully saturated rings. The number of rotatable bonds is 7. The summed E-state index contributed by atoms with van der Waals surface area (Å²) in [6.07, 6.45) is -0.494. The molecule has 1 unspecified atom stereocenters. The zero-order chi connectivity index (χ0) is 23.5. The Balaban J connectivity index is 1.38. The van der Waals surface area contributed by atoms with Crippen LogP contribution in [0, 0.1) is 6.92 Å². The fourth-order valence-corrected chi connectivity index (χ4v) is 4.45. The molecular formula is C24H24N4O4S. The molecule has 0 spiro atoms. The SMILES string of the molecule is Cc1c(NC(=O)C(C)OC(=O)CCc2nc3ccccc3s2)c(=O)n(-c2ccccc2)n1C. The molecule has 2 aromatic carbocycles. The van der Waals surface area contributed by atoms with E-state index in [0.717, 1.165) is 15.2 Å². The highest BCUT2D eigenvalue weighted by Crippen LogP contribution is 2.22. The van der Waals surface area contributed by atoms with E-state index in [-0.39, 0.29) is 17.7 Å². The molecule has 1 atom stereocenters. The first-order valence-corrected chi connectivity index (χ1v) is 11.4. The number of thiazole rings is 1. The van der Waals surface area contributed by atoms with E-state index in [2.05, 4.69) is 10.3 Å². The fourth-order valence-electron chi connectivity index (χ4n) is 3.48. The molecule has 2 heterocycles. The second-order valence-corrected chi connectivity index (χ2v) is 8.75. The van der Waals surface area contributed by atoms with Gasteiger partial charge in [0.1, 0.15) is 5.69 Å². The maximum Gasteiger partial charge on any atom is 0.306 e. The van der Waals surface area contributed by atoms with Gasteiger partial charge in [0.2, 0.25) is 0 Å². The van der Waals surface area contributed by atoms with Crippen molar-refractivity contribution in [2.24, 2.45) is 7.05 Å². The molecule has 0 aliphatic carbocycles. The van der Waals surface area contributed by atoms with E-state index >= 15 is 0 Å². The minimum atomic E-state index is -1.04. The molecule has 33 heavy (non-hydrogen) atoms. The molecule has 0 saturated carbocycles. The highest BCUT2D eigenvalue weighted by atomic mass is 32.1. The summed E-state index contributed by atoms with van der Waals surface area (Å²) in [5.41, 5.74) is 1.97. The van der Waals surface area contributed by atoms with Crippen LogP contribution >= 0.6 is 11.3 Å². The molecule has 2 aromatic heterocycles. The Bertz CT molecular complexity index is 1340. The van der Waals surface area contributed by atoms with Crippen LogP contribution in [-0.4, -0.2) is 32.3 Å². The number of aromatic nitrogens is 3. The van der Waals surface area contributed by atoms with Crippen molar-refractivity contribution in [1.29, 1.82) is 0 Å². The molecule has 0 aliphatic heterocycles. The maximum atomic E-state index is 12.9. The molecular weight excluding hydrogens is 440 g/mol. The van der Waals surface area contributed by atoms with E-state index in [0.29, 0.717) is 17.8 Å². The first-order chi connectivity index (χ1) is 15.8. The Hall–Kier alpha value is -3.72. The number of anilines is 1. The quantitative estimate of drug-likeness (QED) is 0.422. The summed E-state index contributed by atoms with van der Waals surface area (Å²) in [6.45, 7) is 3.23. The average molecular weight is 465 g/mol. The topological polar surface area (TPSA) is 95.2 Å². The number of benzene rings is 2. The van der Waals surface area contributed by atoms with Crippen LogP contribution in [0.25, 0.3) is 15.9 Å². The molecule has 0 aliphatic rings. The number of carbonyl (C=O) groups excluding carboxylic acids is 2. The predicted molar refractivity (Wildman–Crippen MR) is 128 cm³/mol. The minimum absolute atomic E-state index is 0.114. The third-order valence-electron chi connectivity index (χ3n) is 5.36. The van der Waals surface area contributed by atoms with E-state index in [4.69, 9.17) is 4.74 Å². The van der Waals surface area contributed by atoms with Crippen molar-refractivity contribution >= 4 is 39.1 Å². The number of para-hydroxylation sites is 2. The number of fused-ring (bicyclic) bond motifs is 1. The van der Waals surface area contributed by atoms with Gasteiger partial charge in [0.15, 0.2) is 6.10 Å². The lowest BCUT2D eigenvalue weighted by molar-refractivity contribution is -0.153. The number of aryl methyl sites for hydroxylation is 1. The van der Waals surface area contributed by atoms with Crippen molar-refractivity contribution in [3.8, 4) is 5.69 Å². The van der Waals surface area contributed by atoms with Crippen LogP contribution < -0.4 is 10.9 Å². The van der Waals surface area contributed by atoms with Crippen LogP contribution in [0.2, 0.25) is 0 Å². The average Bonchev–Trinajstić information content (AvgIpc) is 3.32. The molecule has 8 nitrogen and oxygen atoms in total. The van der Waals surface area contributed by atoms with Crippen LogP contribution in [0.15, 0.2) is 59.4 Å². The van der Waals surface area contributed by atoms with Crippen LogP contribution in [0.5, 0.6) is 0 Å². The fraction of sp³-hybridized carbons (Fsp3) is 0.250. The normalized spacial score (nSPS) is 12.0. The van der Waals surface area contributed by atoms with Gasteiger partial charge in [0, 0.05) is 13.5 Å². The third kappa shape index (κ3) is 4.73. The van der Waals surface area contributed by atoms with E-state index < -0.39 is 18.0 Å². The maximum absolute atomic E-state index is 12.9. The Kier molecular flexibility index (Phi) is 6.41. The van der Waals surface area contributed by atoms with Gasteiger partial charge in [-0.3, -0.25) is 19.1 Å². The minimum Gasteiger partial charge on any atom is -0.453 e. The van der Waals surface area contributed by atoms with Gasteiger partial charge in [-0.1, -0.05) is 30.3 Å². The lowest BCUT2D eigenvalue weighted by Gasteiger charge is -2.12. The molecule has 9 heteroatoms. The van der Waals surface area contributed by atoms with E-state index in [1.54, 1.807) is 18.7 Å². The predicted octanol–water partition coefficient (Wildman–Crippen LogP) is 3.60. The number of amides is 1. The Labute approximate surface area is 194 Å². The van der Waals surface area contributed by atoms with Gasteiger partial charge in [-0.05, 0) is 38.1 Å². The summed E-state index contributed by atoms with van der Waals surface area (Å²) in [6, 6.07) is 16.9. The summed E-state index contributed by atoms with van der Waals surface area (Å²) >= 11 is 1.53. The van der Waals surface area contributed by atoms with Crippen molar-refractivity contribution < 1.29 is 14.3 Å². The van der Waals surface area contributed by atoms with Gasteiger partial charge >= 0.3 is 5.97 Å². The van der Waals surface area contributed by atoms with Crippen LogP contribution in [-0.2, 0) is 27.8 Å². The number of hydrogen-bond donors (Lipinski definition) is 1. The Morgan fingerprint density at radius 1 is 1.12 bits per heavy atom. The molecule has 0 saturated heterocycles. The van der Waals surface area contributed by atoms with Crippen molar-refractivity contribution in [3.05, 3.63) is 75.7 Å². The molecule has 4 rings (SSSR count). The highest BCUT2D eigenvalue weighted by Gasteiger charge is 2.23. The van der Waals surface area contributed by atoms with Crippen molar-refractivity contribution in [1.82, 2.24) is 14.3 Å². The lowest BCUT2D eigenvalue weighted by atomic mass is 10.3. The summed E-state index contributed by atoms with van der Waals surface area (Å²) in [5, 5.41) is 3.47. The number of nitrogens with zero attached hydrogens (tertiary/aromatic N) is 3. The molecule has 1 N–H and O–H groups in total. The van der Waals surface area contributed by atoms with Crippen LogP contribution in [0.3, 0.4) is 0 Å². The Morgan fingerprint density at radius 3 is 2.55 bits per heavy atom. The number of esters is 1. The van der Waals surface area contributed by atoms with Crippen LogP contribution in [0.1, 0.15) is 24.0 Å². The van der Waals surface area contributed by atoms with Gasteiger partial charge in [-0.15, -0.1) is 11.3 Å². The van der Waals surface area contributed by atoms with Gasteiger partial charge in [0.05, 0.1) is 33.0 Å². The number of hydrogen-bond acceptors (Lipinski definition) is 6. The van der Waals surface area contributed by atoms with E-state index in [9.17, 15) is 14.4 Å². The Morgan fingerprint density at radius 2 is 1.82 bits per heavy atom. The molecule has 0 bridgehead atoms. The van der Waals surface area contributed by atoms with Gasteiger partial charge < -0.3 is 10.1 Å². The smallest absolute Gasteiger partial charge is 0.306 e. The van der Waals surface area contributed by atoms with Gasteiger partial charge in [-0.25, -0.2) is 9.67 Å². The molecule has 1 amide bonds. The molecule has 0 radical (unpaired) electrons. The number of nitrogens with one attached hydrogen (secondary N) is 1. The summed E-state index contributed by atoms with van der Waals surface area (Å²) in [7, 11) is 1.74. The van der Waals surface area contributed by atoms with E-state index in [1.165, 1.54) is 22.9 Å². The van der Waals surface area contributed by atoms with Crippen molar-refractivity contribution in [2.45, 2.75) is 32.8 Å². The summed E-state index contributed by atoms with van der Waals surface area (Å²) in [4.78, 5) is 42.4. The van der Waals surface area contributed by atoms with Gasteiger partial charge in [0.25, 0.3) is 11.5 Å². The second-order valence-electron chi connectivity index (χ2n) is 7.63. The number of carbonyl (C=O) groups is 2. The van der Waals surface area contributed by atoms with Crippen molar-refractivity contribution in [3.63, 3.8) is 0 Å². The molecule has 4 aromatic rings. The zero-order valence-electron chi connectivity index (χ0n) is 18.6. The standard InChI is InChI=1S/C24H24N4O4S/c1-15-22(24(31)28(27(15)3)17-9-5-4-6-10-17)26-23(30)16(2)32-21(29)14-13-20-25-18-11-7-8-12-19(18)33-20/h4-12,16H,13-14H2,1-3H3,(H,26,30). The first kappa shape index (κ1) is 22.5. The largest absolute Gasteiger partial charge is 0.453 e. The summed E-state index contributed by atoms with van der Waals surface area (Å²) in [5.74, 6) is -1.06. The van der Waals surface area contributed by atoms with E-state index in [1.807, 2.05) is 54.6 Å². The van der Waals surface area contributed by atoms with Gasteiger partial charge in [-0.2, -0.15) is 0 Å². The van der Waals surface area contributed by atoms with Crippen LogP contribution in [0.4, 0.5) is 5.69 Å². The number of ether oxygens (including phenoxy) is 1. The first-order valence-electron chi connectivity index (χ1n) is 10.5.